The lowest BCUT2D eigenvalue weighted by atomic mass is 10.1. The Labute approximate surface area is 221 Å². The first kappa shape index (κ1) is 26.0. The Hall–Kier alpha value is -4.10. The number of ether oxygens (including phenoxy) is 2. The van der Waals surface area contributed by atoms with Crippen LogP contribution in [0.25, 0.3) is 6.08 Å². The third-order valence-electron chi connectivity index (χ3n) is 5.66. The largest absolute Gasteiger partial charge is 0.490 e. The molecule has 0 atom stereocenters. The Balaban J connectivity index is 1.41. The van der Waals surface area contributed by atoms with Crippen LogP contribution in [-0.2, 0) is 16.0 Å². The van der Waals surface area contributed by atoms with Crippen LogP contribution < -0.4 is 19.8 Å². The van der Waals surface area contributed by atoms with Gasteiger partial charge in [0.1, 0.15) is 0 Å². The summed E-state index contributed by atoms with van der Waals surface area (Å²) in [4.78, 5) is 25.4. The lowest BCUT2D eigenvalue weighted by Gasteiger charge is -2.14. The van der Waals surface area contributed by atoms with Crippen LogP contribution in [0.5, 0.6) is 11.5 Å². The van der Waals surface area contributed by atoms with Crippen LogP contribution in [0.15, 0.2) is 83.5 Å². The Morgan fingerprint density at radius 2 is 1.78 bits per heavy atom. The number of hydrogen-bond acceptors (Lipinski definition) is 5. The van der Waals surface area contributed by atoms with Crippen LogP contribution in [0.3, 0.4) is 0 Å². The third-order valence-corrected chi connectivity index (χ3v) is 5.98. The summed E-state index contributed by atoms with van der Waals surface area (Å²) < 4.78 is 11.5. The molecular weight excluding hydrogens is 490 g/mol. The minimum absolute atomic E-state index is 0.133. The quantitative estimate of drug-likeness (QED) is 0.371. The van der Waals surface area contributed by atoms with E-state index in [9.17, 15) is 9.59 Å². The summed E-state index contributed by atoms with van der Waals surface area (Å²) in [7, 11) is 0. The number of para-hydroxylation sites is 1. The smallest absolute Gasteiger partial charge is 0.280 e. The molecule has 3 aromatic carbocycles. The van der Waals surface area contributed by atoms with Gasteiger partial charge in [0.2, 0.25) is 0 Å². The Kier molecular flexibility index (Phi) is 8.59. The first-order valence-electron chi connectivity index (χ1n) is 12.0. The molecule has 0 bridgehead atoms. The fourth-order valence-corrected chi connectivity index (χ4v) is 4.04. The Morgan fingerprint density at radius 1 is 1.03 bits per heavy atom. The van der Waals surface area contributed by atoms with Crippen LogP contribution in [0.1, 0.15) is 25.0 Å². The second-order valence-electron chi connectivity index (χ2n) is 8.33. The van der Waals surface area contributed by atoms with E-state index in [0.29, 0.717) is 46.6 Å². The van der Waals surface area contributed by atoms with Crippen LogP contribution in [0.2, 0.25) is 5.02 Å². The number of hydrazone groups is 1. The van der Waals surface area contributed by atoms with E-state index in [1.54, 1.807) is 55.5 Å². The standard InChI is InChI=1S/C29H28ClN3O4/c1-3-36-27-18-22(17-23-20(2)32-33(29(23)35)25-12-8-7-11-24(25)30)13-14-26(27)37-19-28(34)31-16-15-21-9-5-4-6-10-21/h4-14,17-18H,3,15-16,19H2,1-2H3,(H,31,34)/b23-17+. The number of carbonyl (C=O) groups excluding carboxylic acids is 2. The number of nitrogens with zero attached hydrogens (tertiary/aromatic N) is 2. The van der Waals surface area contributed by atoms with Gasteiger partial charge < -0.3 is 14.8 Å². The zero-order valence-electron chi connectivity index (χ0n) is 20.7. The highest BCUT2D eigenvalue weighted by atomic mass is 35.5. The zero-order chi connectivity index (χ0) is 26.2. The minimum Gasteiger partial charge on any atom is -0.490 e. The van der Waals surface area contributed by atoms with Crippen molar-refractivity contribution in [3.63, 3.8) is 0 Å². The van der Waals surface area contributed by atoms with Gasteiger partial charge in [0, 0.05) is 6.54 Å². The van der Waals surface area contributed by atoms with Gasteiger partial charge in [0.05, 0.1) is 28.6 Å². The maximum Gasteiger partial charge on any atom is 0.280 e. The Morgan fingerprint density at radius 3 is 2.54 bits per heavy atom. The third kappa shape index (κ3) is 6.57. The number of amides is 2. The van der Waals surface area contributed by atoms with Gasteiger partial charge in [-0.15, -0.1) is 0 Å². The zero-order valence-corrected chi connectivity index (χ0v) is 21.5. The summed E-state index contributed by atoms with van der Waals surface area (Å²) in [5.41, 5.74) is 3.45. The molecule has 1 aliphatic heterocycles. The van der Waals surface area contributed by atoms with E-state index < -0.39 is 0 Å². The number of hydrogen-bond donors (Lipinski definition) is 1. The molecular formula is C29H28ClN3O4. The molecule has 0 spiro atoms. The number of benzene rings is 3. The molecule has 0 fully saturated rings. The summed E-state index contributed by atoms with van der Waals surface area (Å²) in [6.45, 7) is 4.45. The number of halogens is 1. The lowest BCUT2D eigenvalue weighted by Crippen LogP contribution is -2.30. The maximum absolute atomic E-state index is 13.1. The van der Waals surface area contributed by atoms with Crippen molar-refractivity contribution in [2.45, 2.75) is 20.3 Å². The molecule has 2 amide bonds. The number of nitrogens with one attached hydrogen (secondary N) is 1. The summed E-state index contributed by atoms with van der Waals surface area (Å²) >= 11 is 6.26. The SMILES string of the molecule is CCOc1cc(/C=C2/C(=O)N(c3ccccc3Cl)N=C2C)ccc1OCC(=O)NCCc1ccccc1. The van der Waals surface area contributed by atoms with E-state index in [0.717, 1.165) is 17.5 Å². The second kappa shape index (κ2) is 12.2. The summed E-state index contributed by atoms with van der Waals surface area (Å²) in [5, 5.41) is 9.01. The van der Waals surface area contributed by atoms with E-state index in [4.69, 9.17) is 21.1 Å². The lowest BCUT2D eigenvalue weighted by molar-refractivity contribution is -0.123. The van der Waals surface area contributed by atoms with Crippen LogP contribution in [0.4, 0.5) is 5.69 Å². The molecule has 1 N–H and O–H groups in total. The van der Waals surface area contributed by atoms with Crippen molar-refractivity contribution in [3.05, 3.63) is 94.5 Å². The molecule has 0 radical (unpaired) electrons. The van der Waals surface area contributed by atoms with Crippen LogP contribution in [0, 0.1) is 0 Å². The first-order valence-corrected chi connectivity index (χ1v) is 12.4. The van der Waals surface area contributed by atoms with Gasteiger partial charge in [-0.1, -0.05) is 60.1 Å². The fraction of sp³-hybridized carbons (Fsp3) is 0.207. The predicted octanol–water partition coefficient (Wildman–Crippen LogP) is 5.28. The summed E-state index contributed by atoms with van der Waals surface area (Å²) in [6.07, 6.45) is 2.50. The van der Waals surface area contributed by atoms with E-state index in [1.165, 1.54) is 5.01 Å². The van der Waals surface area contributed by atoms with Crippen molar-refractivity contribution in [2.24, 2.45) is 5.10 Å². The molecule has 0 saturated heterocycles. The number of rotatable bonds is 10. The fourth-order valence-electron chi connectivity index (χ4n) is 3.82. The van der Waals surface area contributed by atoms with Crippen LogP contribution in [-0.4, -0.2) is 37.3 Å². The van der Waals surface area contributed by atoms with Crippen molar-refractivity contribution in [3.8, 4) is 11.5 Å². The molecule has 3 aromatic rings. The average Bonchev–Trinajstić information content (AvgIpc) is 3.17. The molecule has 1 aliphatic rings. The van der Waals surface area contributed by atoms with E-state index in [2.05, 4.69) is 10.4 Å². The predicted molar refractivity (Wildman–Crippen MR) is 146 cm³/mol. The second-order valence-corrected chi connectivity index (χ2v) is 8.73. The van der Waals surface area contributed by atoms with Crippen molar-refractivity contribution in [1.82, 2.24) is 5.32 Å². The first-order chi connectivity index (χ1) is 18.0. The van der Waals surface area contributed by atoms with Crippen molar-refractivity contribution < 1.29 is 19.1 Å². The normalized spacial score (nSPS) is 14.0. The molecule has 7 nitrogen and oxygen atoms in total. The molecule has 0 saturated carbocycles. The van der Waals surface area contributed by atoms with Crippen molar-refractivity contribution >= 4 is 40.9 Å². The van der Waals surface area contributed by atoms with Crippen molar-refractivity contribution in [1.29, 1.82) is 0 Å². The molecule has 37 heavy (non-hydrogen) atoms. The van der Waals surface area contributed by atoms with Gasteiger partial charge in [-0.3, -0.25) is 9.59 Å². The van der Waals surface area contributed by atoms with Gasteiger partial charge in [-0.2, -0.15) is 10.1 Å². The molecule has 190 valence electrons. The molecule has 0 unspecified atom stereocenters. The highest BCUT2D eigenvalue weighted by Gasteiger charge is 2.29. The highest BCUT2D eigenvalue weighted by molar-refractivity contribution is 6.37. The van der Waals surface area contributed by atoms with Crippen LogP contribution >= 0.6 is 11.6 Å². The summed E-state index contributed by atoms with van der Waals surface area (Å²) in [6, 6.07) is 22.3. The van der Waals surface area contributed by atoms with Gasteiger partial charge in [0.15, 0.2) is 18.1 Å². The topological polar surface area (TPSA) is 80.2 Å². The van der Waals surface area contributed by atoms with Gasteiger partial charge >= 0.3 is 0 Å². The van der Waals surface area contributed by atoms with Gasteiger partial charge in [0.25, 0.3) is 11.8 Å². The van der Waals surface area contributed by atoms with Gasteiger partial charge in [-0.05, 0) is 61.7 Å². The van der Waals surface area contributed by atoms with Crippen molar-refractivity contribution in [2.75, 3.05) is 24.8 Å². The molecule has 0 aromatic heterocycles. The number of carbonyl (C=O) groups is 2. The molecule has 8 heteroatoms. The summed E-state index contributed by atoms with van der Waals surface area (Å²) in [5.74, 6) is 0.448. The minimum atomic E-state index is -0.268. The molecule has 0 aliphatic carbocycles. The molecule has 1 heterocycles. The van der Waals surface area contributed by atoms with E-state index in [1.807, 2.05) is 37.3 Å². The molecule has 4 rings (SSSR count). The highest BCUT2D eigenvalue weighted by Crippen LogP contribution is 2.33. The average molecular weight is 518 g/mol. The monoisotopic (exact) mass is 517 g/mol. The van der Waals surface area contributed by atoms with E-state index >= 15 is 0 Å². The Bertz CT molecular complexity index is 1340. The maximum atomic E-state index is 13.1. The van der Waals surface area contributed by atoms with E-state index in [-0.39, 0.29) is 18.4 Å². The number of anilines is 1. The van der Waals surface area contributed by atoms with Gasteiger partial charge in [-0.25, -0.2) is 0 Å².